The van der Waals surface area contributed by atoms with Crippen LogP contribution in [0.15, 0.2) is 24.3 Å². The molecule has 0 aromatic heterocycles. The maximum atomic E-state index is 5.22. The number of nitrogens with one attached hydrogen (secondary N) is 1. The van der Waals surface area contributed by atoms with Gasteiger partial charge in [0.25, 0.3) is 0 Å². The van der Waals surface area contributed by atoms with Gasteiger partial charge < -0.3 is 10.1 Å². The molecule has 0 saturated heterocycles. The Morgan fingerprint density at radius 2 is 2.24 bits per heavy atom. The van der Waals surface area contributed by atoms with Crippen molar-refractivity contribution in [2.45, 2.75) is 45.2 Å². The smallest absolute Gasteiger partial charge is 0.119 e. The Hall–Kier alpha value is -1.02. The molecule has 0 bridgehead atoms. The molecular weight excluding hydrogens is 210 g/mol. The summed E-state index contributed by atoms with van der Waals surface area (Å²) in [4.78, 5) is 0. The standard InChI is InChI=1S/C15H23NO/c1-12(9-13-5-3-6-13)16-11-14-7-4-8-15(10-14)17-2/h4,7-8,10,12-13,16H,3,5-6,9,11H2,1-2H3. The van der Waals surface area contributed by atoms with Crippen LogP contribution in [-0.4, -0.2) is 13.2 Å². The Balaban J connectivity index is 1.75. The second-order valence-corrected chi connectivity index (χ2v) is 5.17. The molecule has 94 valence electrons. The molecule has 0 heterocycles. The largest absolute Gasteiger partial charge is 0.497 e. The number of hydrogen-bond donors (Lipinski definition) is 1. The number of hydrogen-bond acceptors (Lipinski definition) is 2. The van der Waals surface area contributed by atoms with Crippen LogP contribution in [0.2, 0.25) is 0 Å². The molecule has 1 aromatic rings. The zero-order chi connectivity index (χ0) is 12.1. The summed E-state index contributed by atoms with van der Waals surface area (Å²) in [5, 5.41) is 3.59. The summed E-state index contributed by atoms with van der Waals surface area (Å²) in [7, 11) is 1.71. The van der Waals surface area contributed by atoms with Crippen LogP contribution in [0.1, 0.15) is 38.2 Å². The first-order chi connectivity index (χ1) is 8.28. The lowest BCUT2D eigenvalue weighted by atomic mass is 9.81. The van der Waals surface area contributed by atoms with Crippen LogP contribution in [0.3, 0.4) is 0 Å². The van der Waals surface area contributed by atoms with E-state index in [-0.39, 0.29) is 0 Å². The first-order valence-electron chi connectivity index (χ1n) is 6.64. The Morgan fingerprint density at radius 3 is 2.88 bits per heavy atom. The molecule has 1 atom stereocenters. The van der Waals surface area contributed by atoms with Crippen molar-refractivity contribution in [3.8, 4) is 5.75 Å². The molecule has 0 amide bonds. The molecule has 1 unspecified atom stereocenters. The molecule has 2 rings (SSSR count). The minimum atomic E-state index is 0.617. The molecule has 1 aliphatic carbocycles. The summed E-state index contributed by atoms with van der Waals surface area (Å²) in [6, 6.07) is 8.90. The summed E-state index contributed by atoms with van der Waals surface area (Å²) in [5.41, 5.74) is 1.30. The van der Waals surface area contributed by atoms with Gasteiger partial charge >= 0.3 is 0 Å². The highest BCUT2D eigenvalue weighted by atomic mass is 16.5. The second kappa shape index (κ2) is 6.06. The Morgan fingerprint density at radius 1 is 1.41 bits per heavy atom. The van der Waals surface area contributed by atoms with Crippen LogP contribution in [0.4, 0.5) is 0 Å². The monoisotopic (exact) mass is 233 g/mol. The third-order valence-electron chi connectivity index (χ3n) is 3.70. The minimum absolute atomic E-state index is 0.617. The molecule has 0 radical (unpaired) electrons. The van der Waals surface area contributed by atoms with E-state index in [4.69, 9.17) is 4.74 Å². The van der Waals surface area contributed by atoms with Crippen molar-refractivity contribution in [1.82, 2.24) is 5.32 Å². The Kier molecular flexibility index (Phi) is 4.43. The number of ether oxygens (including phenoxy) is 1. The lowest BCUT2D eigenvalue weighted by Gasteiger charge is -2.28. The highest BCUT2D eigenvalue weighted by Crippen LogP contribution is 2.30. The van der Waals surface area contributed by atoms with Crippen LogP contribution in [0.5, 0.6) is 5.75 Å². The maximum Gasteiger partial charge on any atom is 0.119 e. The Bertz CT molecular complexity index is 347. The first-order valence-corrected chi connectivity index (χ1v) is 6.64. The van der Waals surface area contributed by atoms with E-state index in [1.54, 1.807) is 7.11 Å². The van der Waals surface area contributed by atoms with E-state index in [9.17, 15) is 0 Å². The van der Waals surface area contributed by atoms with Gasteiger partial charge in [0, 0.05) is 12.6 Å². The Labute approximate surface area is 104 Å². The normalized spacial score (nSPS) is 17.5. The van der Waals surface area contributed by atoms with Gasteiger partial charge in [0.2, 0.25) is 0 Å². The van der Waals surface area contributed by atoms with E-state index in [0.29, 0.717) is 6.04 Å². The molecule has 1 saturated carbocycles. The molecule has 1 aliphatic rings. The molecule has 17 heavy (non-hydrogen) atoms. The van der Waals surface area contributed by atoms with Crippen molar-refractivity contribution in [2.24, 2.45) is 5.92 Å². The summed E-state index contributed by atoms with van der Waals surface area (Å²) in [6.07, 6.45) is 5.63. The molecule has 2 heteroatoms. The van der Waals surface area contributed by atoms with Gasteiger partial charge in [-0.2, -0.15) is 0 Å². The van der Waals surface area contributed by atoms with Gasteiger partial charge in [-0.25, -0.2) is 0 Å². The molecule has 1 aromatic carbocycles. The highest BCUT2D eigenvalue weighted by molar-refractivity contribution is 5.28. The van der Waals surface area contributed by atoms with Crippen molar-refractivity contribution in [3.63, 3.8) is 0 Å². The van der Waals surface area contributed by atoms with E-state index < -0.39 is 0 Å². The second-order valence-electron chi connectivity index (χ2n) is 5.17. The van der Waals surface area contributed by atoms with Gasteiger partial charge in [0.1, 0.15) is 5.75 Å². The predicted molar refractivity (Wildman–Crippen MR) is 71.3 cm³/mol. The van der Waals surface area contributed by atoms with Crippen LogP contribution in [0.25, 0.3) is 0 Å². The van der Waals surface area contributed by atoms with Crippen molar-refractivity contribution in [3.05, 3.63) is 29.8 Å². The average molecular weight is 233 g/mol. The van der Waals surface area contributed by atoms with Gasteiger partial charge in [0.05, 0.1) is 7.11 Å². The van der Waals surface area contributed by atoms with Crippen molar-refractivity contribution >= 4 is 0 Å². The summed E-state index contributed by atoms with van der Waals surface area (Å²) in [5.74, 6) is 1.92. The van der Waals surface area contributed by atoms with Crippen molar-refractivity contribution < 1.29 is 4.74 Å². The predicted octanol–water partition coefficient (Wildman–Crippen LogP) is 3.36. The quantitative estimate of drug-likeness (QED) is 0.813. The van der Waals surface area contributed by atoms with E-state index in [0.717, 1.165) is 18.2 Å². The van der Waals surface area contributed by atoms with E-state index in [1.807, 2.05) is 12.1 Å². The fourth-order valence-corrected chi connectivity index (χ4v) is 2.39. The van der Waals surface area contributed by atoms with Crippen LogP contribution in [-0.2, 0) is 6.54 Å². The van der Waals surface area contributed by atoms with Crippen LogP contribution >= 0.6 is 0 Å². The molecule has 0 aliphatic heterocycles. The fraction of sp³-hybridized carbons (Fsp3) is 0.600. The summed E-state index contributed by atoms with van der Waals surface area (Å²) in [6.45, 7) is 3.23. The average Bonchev–Trinajstić information content (AvgIpc) is 2.31. The number of methoxy groups -OCH3 is 1. The van der Waals surface area contributed by atoms with E-state index in [1.165, 1.54) is 31.2 Å². The minimum Gasteiger partial charge on any atom is -0.497 e. The molecule has 1 N–H and O–H groups in total. The highest BCUT2D eigenvalue weighted by Gasteiger charge is 2.19. The van der Waals surface area contributed by atoms with Gasteiger partial charge in [-0.1, -0.05) is 31.4 Å². The number of benzene rings is 1. The van der Waals surface area contributed by atoms with Crippen molar-refractivity contribution in [2.75, 3.05) is 7.11 Å². The van der Waals surface area contributed by atoms with Crippen LogP contribution < -0.4 is 10.1 Å². The first kappa shape index (κ1) is 12.4. The van der Waals surface area contributed by atoms with Gasteiger partial charge in [-0.3, -0.25) is 0 Å². The summed E-state index contributed by atoms with van der Waals surface area (Å²) >= 11 is 0. The van der Waals surface area contributed by atoms with Crippen molar-refractivity contribution in [1.29, 1.82) is 0 Å². The summed E-state index contributed by atoms with van der Waals surface area (Å²) < 4.78 is 5.22. The van der Waals surface area contributed by atoms with E-state index >= 15 is 0 Å². The molecule has 2 nitrogen and oxygen atoms in total. The van der Waals surface area contributed by atoms with Crippen LogP contribution in [0, 0.1) is 5.92 Å². The molecular formula is C15H23NO. The topological polar surface area (TPSA) is 21.3 Å². The SMILES string of the molecule is COc1cccc(CNC(C)CC2CCC2)c1. The van der Waals surface area contributed by atoms with Gasteiger partial charge in [-0.05, 0) is 37.0 Å². The van der Waals surface area contributed by atoms with Gasteiger partial charge in [0.15, 0.2) is 0 Å². The maximum absolute atomic E-state index is 5.22. The third-order valence-corrected chi connectivity index (χ3v) is 3.70. The fourth-order valence-electron chi connectivity index (χ4n) is 2.39. The third kappa shape index (κ3) is 3.74. The lowest BCUT2D eigenvalue weighted by molar-refractivity contribution is 0.265. The molecule has 1 fully saturated rings. The van der Waals surface area contributed by atoms with E-state index in [2.05, 4.69) is 24.4 Å². The zero-order valence-electron chi connectivity index (χ0n) is 10.9. The van der Waals surface area contributed by atoms with Gasteiger partial charge in [-0.15, -0.1) is 0 Å². The number of rotatable bonds is 6. The molecule has 0 spiro atoms. The lowest BCUT2D eigenvalue weighted by Crippen LogP contribution is -2.29. The zero-order valence-corrected chi connectivity index (χ0v) is 10.9.